The number of methoxy groups -OCH3 is 2. The average Bonchev–Trinajstić information content (AvgIpc) is 3.15. The van der Waals surface area contributed by atoms with Crippen LogP contribution < -0.4 is 14.8 Å². The lowest BCUT2D eigenvalue weighted by atomic mass is 10.1. The molecule has 0 spiro atoms. The van der Waals surface area contributed by atoms with Crippen LogP contribution in [0.25, 0.3) is 12.2 Å². The van der Waals surface area contributed by atoms with Crippen LogP contribution in [0.3, 0.4) is 0 Å². The molecule has 7 heteroatoms. The van der Waals surface area contributed by atoms with Crippen LogP contribution in [-0.4, -0.2) is 25.7 Å². The van der Waals surface area contributed by atoms with Crippen LogP contribution in [0.4, 0.5) is 10.3 Å². The predicted octanol–water partition coefficient (Wildman–Crippen LogP) is 4.53. The summed E-state index contributed by atoms with van der Waals surface area (Å²) < 4.78 is 29.1. The summed E-state index contributed by atoms with van der Waals surface area (Å²) in [6.45, 7) is 0.542. The Morgan fingerprint density at radius 3 is 2.55 bits per heavy atom. The van der Waals surface area contributed by atoms with Crippen molar-refractivity contribution < 1.29 is 18.3 Å². The lowest BCUT2D eigenvalue weighted by molar-refractivity contribution is 0.354. The molecule has 0 saturated heterocycles. The standard InChI is InChI=1S/C22H20FN3O3/c1-27-19-9-5-16(13-20(19)28-2)11-12-25-22-18(14-24)26-21(29-22)10-6-15-3-7-17(23)8-4-15/h3-10,13,25H,11-12H2,1-2H3. The van der Waals surface area contributed by atoms with Crippen LogP contribution in [0.2, 0.25) is 0 Å². The van der Waals surface area contributed by atoms with E-state index in [-0.39, 0.29) is 11.5 Å². The molecular formula is C22H20FN3O3. The molecule has 0 fully saturated rings. The highest BCUT2D eigenvalue weighted by Gasteiger charge is 2.11. The molecule has 0 aliphatic heterocycles. The van der Waals surface area contributed by atoms with E-state index in [9.17, 15) is 9.65 Å². The highest BCUT2D eigenvalue weighted by Crippen LogP contribution is 2.27. The molecule has 0 radical (unpaired) electrons. The van der Waals surface area contributed by atoms with Gasteiger partial charge in [-0.1, -0.05) is 18.2 Å². The number of halogens is 1. The maximum Gasteiger partial charge on any atom is 0.232 e. The Labute approximate surface area is 168 Å². The van der Waals surface area contributed by atoms with Crippen molar-refractivity contribution in [1.82, 2.24) is 4.98 Å². The number of oxazole rings is 1. The minimum Gasteiger partial charge on any atom is -0.493 e. The molecule has 0 saturated carbocycles. The average molecular weight is 393 g/mol. The van der Waals surface area contributed by atoms with E-state index in [4.69, 9.17) is 13.9 Å². The molecule has 0 unspecified atom stereocenters. The first-order chi connectivity index (χ1) is 14.1. The van der Waals surface area contributed by atoms with Gasteiger partial charge in [0.2, 0.25) is 17.5 Å². The van der Waals surface area contributed by atoms with Crippen LogP contribution in [0.1, 0.15) is 22.7 Å². The van der Waals surface area contributed by atoms with Crippen molar-refractivity contribution in [3.05, 3.63) is 71.0 Å². The van der Waals surface area contributed by atoms with Gasteiger partial charge in [0.05, 0.1) is 14.2 Å². The lowest BCUT2D eigenvalue weighted by Gasteiger charge is -2.09. The van der Waals surface area contributed by atoms with Crippen molar-refractivity contribution in [1.29, 1.82) is 5.26 Å². The molecule has 0 bridgehead atoms. The Kier molecular flexibility index (Phi) is 6.48. The van der Waals surface area contributed by atoms with Gasteiger partial charge in [0.25, 0.3) is 0 Å². The molecule has 0 amide bonds. The van der Waals surface area contributed by atoms with Gasteiger partial charge >= 0.3 is 0 Å². The highest BCUT2D eigenvalue weighted by atomic mass is 19.1. The fourth-order valence-electron chi connectivity index (χ4n) is 2.70. The minimum absolute atomic E-state index is 0.177. The van der Waals surface area contributed by atoms with E-state index >= 15 is 0 Å². The monoisotopic (exact) mass is 393 g/mol. The summed E-state index contributed by atoms with van der Waals surface area (Å²) in [5, 5.41) is 12.4. The number of rotatable bonds is 8. The molecule has 1 N–H and O–H groups in total. The van der Waals surface area contributed by atoms with Crippen LogP contribution in [0.15, 0.2) is 46.9 Å². The number of nitrogens with one attached hydrogen (secondary N) is 1. The Morgan fingerprint density at radius 1 is 1.10 bits per heavy atom. The number of aromatic nitrogens is 1. The van der Waals surface area contributed by atoms with Gasteiger partial charge in [0.15, 0.2) is 11.5 Å². The second-order valence-corrected chi connectivity index (χ2v) is 6.09. The summed E-state index contributed by atoms with van der Waals surface area (Å²) in [6.07, 6.45) is 4.06. The van der Waals surface area contributed by atoms with Crippen LogP contribution in [0.5, 0.6) is 11.5 Å². The molecule has 6 nitrogen and oxygen atoms in total. The largest absolute Gasteiger partial charge is 0.493 e. The molecule has 0 aliphatic rings. The normalized spacial score (nSPS) is 10.7. The summed E-state index contributed by atoms with van der Waals surface area (Å²) in [7, 11) is 3.18. The van der Waals surface area contributed by atoms with Crippen molar-refractivity contribution in [3.63, 3.8) is 0 Å². The number of ether oxygens (including phenoxy) is 2. The molecule has 2 aromatic carbocycles. The Balaban J connectivity index is 1.64. The fraction of sp³-hybridized carbons (Fsp3) is 0.182. The second kappa shape index (κ2) is 9.42. The predicted molar refractivity (Wildman–Crippen MR) is 108 cm³/mol. The third kappa shape index (κ3) is 5.14. The number of benzene rings is 2. The van der Waals surface area contributed by atoms with Gasteiger partial charge in [-0.25, -0.2) is 4.39 Å². The van der Waals surface area contributed by atoms with Gasteiger partial charge in [-0.2, -0.15) is 10.2 Å². The summed E-state index contributed by atoms with van der Waals surface area (Å²) in [5.41, 5.74) is 2.02. The third-order valence-electron chi connectivity index (χ3n) is 4.19. The SMILES string of the molecule is COc1ccc(CCNc2oc(C=Cc3ccc(F)cc3)nc2C#N)cc1OC. The van der Waals surface area contributed by atoms with E-state index in [2.05, 4.69) is 10.3 Å². The molecule has 0 atom stereocenters. The molecular weight excluding hydrogens is 373 g/mol. The van der Waals surface area contributed by atoms with E-state index in [1.165, 1.54) is 12.1 Å². The summed E-state index contributed by atoms with van der Waals surface area (Å²) >= 11 is 0. The molecule has 0 aliphatic carbocycles. The van der Waals surface area contributed by atoms with Gasteiger partial charge in [-0.3, -0.25) is 0 Å². The van der Waals surface area contributed by atoms with Crippen molar-refractivity contribution in [2.24, 2.45) is 0 Å². The highest BCUT2D eigenvalue weighted by molar-refractivity contribution is 5.67. The zero-order valence-corrected chi connectivity index (χ0v) is 16.1. The number of hydrogen-bond acceptors (Lipinski definition) is 6. The first-order valence-electron chi connectivity index (χ1n) is 8.92. The van der Waals surface area contributed by atoms with Gasteiger partial charge in [0, 0.05) is 12.6 Å². The maximum atomic E-state index is 13.0. The van der Waals surface area contributed by atoms with Crippen molar-refractivity contribution in [3.8, 4) is 17.6 Å². The van der Waals surface area contributed by atoms with Gasteiger partial charge in [-0.05, 0) is 47.9 Å². The van der Waals surface area contributed by atoms with E-state index in [0.29, 0.717) is 36.2 Å². The van der Waals surface area contributed by atoms with E-state index in [0.717, 1.165) is 11.1 Å². The van der Waals surface area contributed by atoms with Crippen LogP contribution >= 0.6 is 0 Å². The van der Waals surface area contributed by atoms with Crippen LogP contribution in [0, 0.1) is 17.1 Å². The zero-order valence-electron chi connectivity index (χ0n) is 16.1. The molecule has 148 valence electrons. The molecule has 1 aromatic heterocycles. The zero-order chi connectivity index (χ0) is 20.6. The van der Waals surface area contributed by atoms with E-state index in [1.807, 2.05) is 24.3 Å². The molecule has 29 heavy (non-hydrogen) atoms. The fourth-order valence-corrected chi connectivity index (χ4v) is 2.70. The van der Waals surface area contributed by atoms with E-state index in [1.54, 1.807) is 38.5 Å². The molecule has 3 aromatic rings. The summed E-state index contributed by atoms with van der Waals surface area (Å²) in [5.74, 6) is 1.64. The van der Waals surface area contributed by atoms with Crippen molar-refractivity contribution >= 4 is 18.0 Å². The van der Waals surface area contributed by atoms with Gasteiger partial charge in [0.1, 0.15) is 11.9 Å². The Hall–Kier alpha value is -3.79. The first-order valence-corrected chi connectivity index (χ1v) is 8.92. The number of nitrogens with zero attached hydrogens (tertiary/aromatic N) is 2. The lowest BCUT2D eigenvalue weighted by Crippen LogP contribution is -2.05. The van der Waals surface area contributed by atoms with Gasteiger partial charge < -0.3 is 19.2 Å². The van der Waals surface area contributed by atoms with Gasteiger partial charge in [-0.15, -0.1) is 0 Å². The van der Waals surface area contributed by atoms with Crippen molar-refractivity contribution in [2.75, 3.05) is 26.1 Å². The Morgan fingerprint density at radius 2 is 1.86 bits per heavy atom. The molecule has 1 heterocycles. The second-order valence-electron chi connectivity index (χ2n) is 6.09. The first kappa shape index (κ1) is 20.0. The number of anilines is 1. The van der Waals surface area contributed by atoms with E-state index < -0.39 is 0 Å². The number of hydrogen-bond donors (Lipinski definition) is 1. The van der Waals surface area contributed by atoms with Crippen molar-refractivity contribution in [2.45, 2.75) is 6.42 Å². The summed E-state index contributed by atoms with van der Waals surface area (Å²) in [6, 6.07) is 13.7. The minimum atomic E-state index is -0.300. The summed E-state index contributed by atoms with van der Waals surface area (Å²) in [4.78, 5) is 4.15. The topological polar surface area (TPSA) is 80.3 Å². The third-order valence-corrected chi connectivity index (χ3v) is 4.19. The quantitative estimate of drug-likeness (QED) is 0.606. The van der Waals surface area contributed by atoms with Crippen LogP contribution in [-0.2, 0) is 6.42 Å². The maximum absolute atomic E-state index is 13.0. The number of nitriles is 1. The Bertz CT molecular complexity index is 1040. The smallest absolute Gasteiger partial charge is 0.232 e. The molecule has 3 rings (SSSR count).